The van der Waals surface area contributed by atoms with Crippen molar-refractivity contribution in [3.63, 3.8) is 0 Å². The summed E-state index contributed by atoms with van der Waals surface area (Å²) < 4.78 is 0. The van der Waals surface area contributed by atoms with E-state index in [1.807, 2.05) is 30.3 Å². The van der Waals surface area contributed by atoms with Crippen LogP contribution in [-0.4, -0.2) is 16.5 Å². The van der Waals surface area contributed by atoms with E-state index >= 15 is 0 Å². The summed E-state index contributed by atoms with van der Waals surface area (Å²) in [6.07, 6.45) is 29.1. The largest absolute Gasteiger partial charge is 0.334 e. The van der Waals surface area contributed by atoms with Crippen molar-refractivity contribution < 1.29 is 0 Å². The number of allylic oxidation sites excluding steroid dienone is 9. The van der Waals surface area contributed by atoms with Gasteiger partial charge in [-0.2, -0.15) is 20.6 Å². The summed E-state index contributed by atoms with van der Waals surface area (Å²) in [7, 11) is -1.68. The maximum Gasteiger partial charge on any atom is 0.0991 e. The van der Waals surface area contributed by atoms with Crippen molar-refractivity contribution in [3.05, 3.63) is 198 Å². The smallest absolute Gasteiger partial charge is 0.0991 e. The molecule has 5 unspecified atom stereocenters. The monoisotopic (exact) mass is 732 g/mol. The van der Waals surface area contributed by atoms with Crippen LogP contribution in [0.25, 0.3) is 0 Å². The normalized spacial score (nSPS) is 24.1. The highest BCUT2D eigenvalue weighted by molar-refractivity contribution is 8.35. The molecule has 55 heavy (non-hydrogen) atoms. The second-order valence-corrected chi connectivity index (χ2v) is 18.5. The first-order valence-electron chi connectivity index (χ1n) is 19.5. The molecule has 9 rings (SSSR count). The highest BCUT2D eigenvalue weighted by atomic mass is 32.3. The first kappa shape index (κ1) is 34.7. The van der Waals surface area contributed by atoms with Gasteiger partial charge in [-0.3, -0.25) is 0 Å². The first-order chi connectivity index (χ1) is 27.2. The van der Waals surface area contributed by atoms with Crippen molar-refractivity contribution in [2.24, 2.45) is 5.92 Å². The van der Waals surface area contributed by atoms with Crippen LogP contribution in [0.2, 0.25) is 0 Å². The Morgan fingerprint density at radius 2 is 1.40 bits per heavy atom. The van der Waals surface area contributed by atoms with Gasteiger partial charge in [-0.15, -0.1) is 0 Å². The maximum absolute atomic E-state index is 9.58. The van der Waals surface area contributed by atoms with Crippen LogP contribution in [0.1, 0.15) is 44.1 Å². The molecular formula is C50H44N4S. The van der Waals surface area contributed by atoms with Gasteiger partial charge in [0.25, 0.3) is 0 Å². The van der Waals surface area contributed by atoms with E-state index in [0.29, 0.717) is 34.4 Å². The van der Waals surface area contributed by atoms with Crippen molar-refractivity contribution >= 4 is 27.1 Å². The van der Waals surface area contributed by atoms with Crippen molar-refractivity contribution in [1.29, 1.82) is 10.5 Å². The third-order valence-corrected chi connectivity index (χ3v) is 16.7. The summed E-state index contributed by atoms with van der Waals surface area (Å²) in [6.45, 7) is 0. The van der Waals surface area contributed by atoms with Gasteiger partial charge in [0.2, 0.25) is 0 Å². The number of nitrogens with zero attached hydrogens (tertiary/aromatic N) is 4. The Morgan fingerprint density at radius 1 is 0.673 bits per heavy atom. The fraction of sp³-hybridized carbons (Fsp3) is 0.200. The molecular weight excluding hydrogens is 689 g/mol. The molecule has 4 nitrogen and oxygen atoms in total. The Balaban J connectivity index is 1.17. The molecule has 1 heterocycles. The molecule has 4 aromatic rings. The molecule has 0 saturated carbocycles. The number of hydrogen-bond acceptors (Lipinski definition) is 4. The first-order valence-corrected chi connectivity index (χ1v) is 21.3. The minimum atomic E-state index is -1.68. The lowest BCUT2D eigenvalue weighted by Crippen LogP contribution is -2.33. The number of hydrogen-bond donors (Lipinski definition) is 0. The van der Waals surface area contributed by atoms with E-state index in [-0.39, 0.29) is 0 Å². The molecule has 5 heteroatoms. The van der Waals surface area contributed by atoms with Crippen LogP contribution in [0, 0.1) is 28.6 Å². The van der Waals surface area contributed by atoms with Crippen molar-refractivity contribution in [1.82, 2.24) is 0 Å². The fourth-order valence-corrected chi connectivity index (χ4v) is 14.3. The van der Waals surface area contributed by atoms with Crippen molar-refractivity contribution in [2.75, 3.05) is 9.80 Å². The Kier molecular flexibility index (Phi) is 9.49. The summed E-state index contributed by atoms with van der Waals surface area (Å²) in [5.74, 6) is 0.505. The van der Waals surface area contributed by atoms with E-state index in [4.69, 9.17) is 0 Å². The summed E-state index contributed by atoms with van der Waals surface area (Å²) in [5.41, 5.74) is 8.93. The van der Waals surface area contributed by atoms with E-state index < -0.39 is 10.0 Å². The third-order valence-electron chi connectivity index (χ3n) is 12.0. The molecule has 0 fully saturated rings. The zero-order valence-corrected chi connectivity index (χ0v) is 31.7. The van der Waals surface area contributed by atoms with Crippen LogP contribution >= 0.6 is 10.0 Å². The van der Waals surface area contributed by atoms with Crippen molar-refractivity contribution in [3.8, 4) is 12.1 Å². The lowest BCUT2D eigenvalue weighted by atomic mass is 9.83. The highest BCUT2D eigenvalue weighted by Crippen LogP contribution is 2.73. The lowest BCUT2D eigenvalue weighted by molar-refractivity contribution is 0.501. The van der Waals surface area contributed by atoms with E-state index in [1.165, 1.54) is 27.6 Å². The number of benzene rings is 4. The number of rotatable bonds is 8. The summed E-state index contributed by atoms with van der Waals surface area (Å²) in [4.78, 5) is 7.72. The maximum atomic E-state index is 9.58. The van der Waals surface area contributed by atoms with Crippen LogP contribution < -0.4 is 9.80 Å². The van der Waals surface area contributed by atoms with Gasteiger partial charge in [-0.1, -0.05) is 78.9 Å². The average Bonchev–Trinajstić information content (AvgIpc) is 3.60. The van der Waals surface area contributed by atoms with Crippen LogP contribution in [0.3, 0.4) is 0 Å². The predicted molar refractivity (Wildman–Crippen MR) is 227 cm³/mol. The summed E-state index contributed by atoms with van der Waals surface area (Å²) in [6, 6.07) is 44.6. The number of anilines is 3. The molecule has 270 valence electrons. The highest BCUT2D eigenvalue weighted by Gasteiger charge is 2.47. The fourth-order valence-electron chi connectivity index (χ4n) is 9.48. The average molecular weight is 733 g/mol. The molecule has 0 aromatic heterocycles. The van der Waals surface area contributed by atoms with Crippen LogP contribution in [-0.2, 0) is 0 Å². The van der Waals surface area contributed by atoms with Gasteiger partial charge in [0.15, 0.2) is 0 Å². The topological polar surface area (TPSA) is 54.1 Å². The third kappa shape index (κ3) is 6.20. The molecule has 4 aromatic carbocycles. The summed E-state index contributed by atoms with van der Waals surface area (Å²) in [5, 5.41) is 19.8. The summed E-state index contributed by atoms with van der Waals surface area (Å²) >= 11 is 0. The van der Waals surface area contributed by atoms with Gasteiger partial charge >= 0.3 is 0 Å². The molecule has 4 aliphatic carbocycles. The SMILES string of the molecule is N#CC1=CC=C(N(c2ccc(C#N)cc2)c2ccc(S(c3ccccc3)(C3C=CC=CC3)C3C=CC4=C(C3)C3CCC=CC3N4c3ccccc3)cc2)CC1. The zero-order valence-electron chi connectivity index (χ0n) is 30.9. The Labute approximate surface area is 327 Å². The van der Waals surface area contributed by atoms with E-state index in [2.05, 4.69) is 162 Å². The molecule has 0 bridgehead atoms. The van der Waals surface area contributed by atoms with E-state index in [1.54, 1.807) is 5.57 Å². The Bertz CT molecular complexity index is 2370. The predicted octanol–water partition coefficient (Wildman–Crippen LogP) is 12.4. The molecule has 1 aliphatic heterocycles. The van der Waals surface area contributed by atoms with Gasteiger partial charge in [-0.05, 0) is 145 Å². The van der Waals surface area contributed by atoms with Gasteiger partial charge in [-0.25, -0.2) is 0 Å². The quantitative estimate of drug-likeness (QED) is 0.169. The second kappa shape index (κ2) is 15.0. The van der Waals surface area contributed by atoms with Crippen LogP contribution in [0.5, 0.6) is 0 Å². The van der Waals surface area contributed by atoms with Gasteiger partial charge < -0.3 is 9.80 Å². The Hall–Kier alpha value is -6.01. The Morgan fingerprint density at radius 3 is 2.07 bits per heavy atom. The standard InChI is InChI=1S/C50H44N4S/c51-35-37-20-24-40(25-21-37)53(41-26-22-38(36-52)23-27-41)42-28-30-45(31-29-42)55(43-14-6-2-7-15-43,44-16-8-3-9-17-44)46-32-33-50-48(34-46)47-18-10-11-19-49(47)54(50)39-12-4-1-5-13-39/h1-9,11-16,19-22,24-26,28-33,44,46-47,49H,10,17-18,23,27,34H2. The molecule has 0 radical (unpaired) electrons. The van der Waals surface area contributed by atoms with Gasteiger partial charge in [0.1, 0.15) is 0 Å². The molecule has 0 amide bonds. The van der Waals surface area contributed by atoms with Gasteiger partial charge in [0.05, 0.1) is 23.7 Å². The molecule has 5 aliphatic rings. The van der Waals surface area contributed by atoms with Crippen LogP contribution in [0.15, 0.2) is 202 Å². The van der Waals surface area contributed by atoms with E-state index in [0.717, 1.165) is 48.3 Å². The lowest BCUT2D eigenvalue weighted by Gasteiger charge is -2.52. The van der Waals surface area contributed by atoms with E-state index in [9.17, 15) is 10.5 Å². The molecule has 0 saturated heterocycles. The number of nitriles is 2. The molecule has 0 spiro atoms. The minimum absolute atomic E-state index is 0.313. The van der Waals surface area contributed by atoms with Crippen LogP contribution in [0.4, 0.5) is 17.1 Å². The van der Waals surface area contributed by atoms with Crippen molar-refractivity contribution in [2.45, 2.75) is 64.9 Å². The molecule has 0 N–H and O–H groups in total. The minimum Gasteiger partial charge on any atom is -0.334 e. The zero-order chi connectivity index (χ0) is 37.2. The molecule has 5 atom stereocenters. The number of para-hydroxylation sites is 1. The van der Waals surface area contributed by atoms with Gasteiger partial charge in [0, 0.05) is 50.4 Å². The number of fused-ring (bicyclic) bond motifs is 2. The second-order valence-electron chi connectivity index (χ2n) is 14.9.